The second-order valence-electron chi connectivity index (χ2n) is 10.6. The predicted octanol–water partition coefficient (Wildman–Crippen LogP) is 4.99. The summed E-state index contributed by atoms with van der Waals surface area (Å²) in [6, 6.07) is 7.34. The average molecular weight is 556 g/mol. The van der Waals surface area contributed by atoms with E-state index in [-0.39, 0.29) is 17.9 Å². The predicted molar refractivity (Wildman–Crippen MR) is 151 cm³/mol. The summed E-state index contributed by atoms with van der Waals surface area (Å²) < 4.78 is 10.9. The fourth-order valence-electron chi connectivity index (χ4n) is 5.56. The maximum Gasteiger partial charge on any atom is 0.407 e. The molecular formula is C30H33N7O4. The second-order valence-corrected chi connectivity index (χ2v) is 10.6. The standard InChI is InChI=1S/C30H33N7O4/c1-4-17(2)26(36-30(39)40-3)29(38)37-9-5-6-24(37)27-32-15-23(35-27)21-11-20-10-19-8-7-18(22-14-31-16-34-22)12-25(19)41-28(20)33-13-21/h7-8,11-17,24,26H,4-6,9-10H2,1-3H3,(H,31,34)(H,32,35)(H,36,39). The molecule has 5 heterocycles. The number of hydrogen-bond acceptors (Lipinski definition) is 7. The van der Waals surface area contributed by atoms with E-state index < -0.39 is 12.1 Å². The zero-order chi connectivity index (χ0) is 28.5. The third-order valence-corrected chi connectivity index (χ3v) is 8.09. The molecule has 4 aromatic rings. The summed E-state index contributed by atoms with van der Waals surface area (Å²) in [4.78, 5) is 47.3. The smallest absolute Gasteiger partial charge is 0.407 e. The number of imidazole rings is 2. The van der Waals surface area contributed by atoms with Gasteiger partial charge >= 0.3 is 6.09 Å². The first kappa shape index (κ1) is 26.5. The Bertz CT molecular complexity index is 1560. The largest absolute Gasteiger partial charge is 0.453 e. The van der Waals surface area contributed by atoms with Crippen LogP contribution >= 0.6 is 0 Å². The van der Waals surface area contributed by atoms with Crippen LogP contribution in [0, 0.1) is 5.92 Å². The van der Waals surface area contributed by atoms with Gasteiger partial charge < -0.3 is 29.7 Å². The number of likely N-dealkylation sites (tertiary alicyclic amines) is 1. The van der Waals surface area contributed by atoms with E-state index in [0.717, 1.165) is 64.5 Å². The molecule has 0 radical (unpaired) electrons. The SMILES string of the molecule is CCC(C)C(NC(=O)OC)C(=O)N1CCCC1c1ncc(-c2cnc3c(c2)Cc2ccc(-c4cnc[nH]4)cc2O3)[nH]1. The van der Waals surface area contributed by atoms with Crippen LogP contribution in [0.2, 0.25) is 0 Å². The van der Waals surface area contributed by atoms with Crippen LogP contribution in [0.5, 0.6) is 11.6 Å². The van der Waals surface area contributed by atoms with Crippen molar-refractivity contribution in [3.63, 3.8) is 0 Å². The van der Waals surface area contributed by atoms with Gasteiger partial charge in [0.2, 0.25) is 11.8 Å². The highest BCUT2D eigenvalue weighted by Gasteiger charge is 2.38. The van der Waals surface area contributed by atoms with Crippen molar-refractivity contribution in [2.45, 2.75) is 51.6 Å². The van der Waals surface area contributed by atoms with Crippen LogP contribution in [-0.2, 0) is 16.0 Å². The quantitative estimate of drug-likeness (QED) is 0.257. The van der Waals surface area contributed by atoms with E-state index in [2.05, 4.69) is 48.4 Å². The number of carbonyl (C=O) groups is 2. The number of fused-ring (bicyclic) bond motifs is 2. The van der Waals surface area contributed by atoms with Gasteiger partial charge in [0.05, 0.1) is 43.3 Å². The van der Waals surface area contributed by atoms with E-state index in [0.29, 0.717) is 18.8 Å². The van der Waals surface area contributed by atoms with Crippen molar-refractivity contribution < 1.29 is 19.1 Å². The summed E-state index contributed by atoms with van der Waals surface area (Å²) in [5.41, 5.74) is 5.72. The lowest BCUT2D eigenvalue weighted by atomic mass is 9.97. The van der Waals surface area contributed by atoms with Gasteiger partial charge in [-0.2, -0.15) is 0 Å². The van der Waals surface area contributed by atoms with Crippen molar-refractivity contribution >= 4 is 12.0 Å². The van der Waals surface area contributed by atoms with Crippen molar-refractivity contribution in [2.24, 2.45) is 5.92 Å². The highest BCUT2D eigenvalue weighted by atomic mass is 16.5. The molecule has 3 unspecified atom stereocenters. The summed E-state index contributed by atoms with van der Waals surface area (Å²) in [5, 5.41) is 2.74. The number of ether oxygens (including phenoxy) is 2. The Morgan fingerprint density at radius 1 is 1.15 bits per heavy atom. The molecule has 0 aliphatic carbocycles. The number of methoxy groups -OCH3 is 1. The molecule has 1 fully saturated rings. The topological polar surface area (TPSA) is 138 Å². The fraction of sp³-hybridized carbons (Fsp3) is 0.367. The molecule has 2 aliphatic heterocycles. The minimum absolute atomic E-state index is 0.0407. The first-order valence-electron chi connectivity index (χ1n) is 13.9. The van der Waals surface area contributed by atoms with E-state index in [1.165, 1.54) is 7.11 Å². The highest BCUT2D eigenvalue weighted by molar-refractivity contribution is 5.86. The number of hydrogen-bond donors (Lipinski definition) is 3. The number of pyridine rings is 1. The molecule has 0 saturated carbocycles. The summed E-state index contributed by atoms with van der Waals surface area (Å²) in [6.07, 6.45) is 9.48. The molecule has 3 N–H and O–H groups in total. The van der Waals surface area contributed by atoms with Crippen LogP contribution in [0.25, 0.3) is 22.5 Å². The van der Waals surface area contributed by atoms with Gasteiger partial charge in [-0.15, -0.1) is 0 Å². The number of nitrogens with zero attached hydrogens (tertiary/aromatic N) is 4. The third-order valence-electron chi connectivity index (χ3n) is 8.09. The van der Waals surface area contributed by atoms with Gasteiger partial charge in [-0.25, -0.2) is 19.7 Å². The van der Waals surface area contributed by atoms with E-state index in [9.17, 15) is 9.59 Å². The van der Waals surface area contributed by atoms with E-state index >= 15 is 0 Å². The van der Waals surface area contributed by atoms with Crippen molar-refractivity contribution in [1.82, 2.24) is 35.1 Å². The van der Waals surface area contributed by atoms with Crippen molar-refractivity contribution in [1.29, 1.82) is 0 Å². The molecule has 11 heteroatoms. The number of aromatic amines is 2. The highest BCUT2D eigenvalue weighted by Crippen LogP contribution is 2.39. The monoisotopic (exact) mass is 555 g/mol. The molecule has 11 nitrogen and oxygen atoms in total. The van der Waals surface area contributed by atoms with Crippen LogP contribution in [0.4, 0.5) is 4.79 Å². The van der Waals surface area contributed by atoms with Crippen molar-refractivity contribution in [2.75, 3.05) is 13.7 Å². The van der Waals surface area contributed by atoms with Crippen LogP contribution in [0.1, 0.15) is 56.1 Å². The summed E-state index contributed by atoms with van der Waals surface area (Å²) >= 11 is 0. The molecule has 212 valence electrons. The van der Waals surface area contributed by atoms with Gasteiger partial charge in [-0.3, -0.25) is 4.79 Å². The number of amides is 2. The van der Waals surface area contributed by atoms with Crippen molar-refractivity contribution in [3.05, 3.63) is 66.1 Å². The number of benzene rings is 1. The van der Waals surface area contributed by atoms with Crippen LogP contribution in [0.15, 0.2) is 49.2 Å². The number of carbonyl (C=O) groups excluding carboxylic acids is 2. The van der Waals surface area contributed by atoms with Gasteiger partial charge in [0.25, 0.3) is 0 Å². The molecule has 6 rings (SSSR count). The number of alkyl carbamates (subject to hydrolysis) is 1. The Hall–Kier alpha value is -4.67. The molecule has 2 amide bonds. The maximum absolute atomic E-state index is 13.6. The Morgan fingerprint density at radius 2 is 2.02 bits per heavy atom. The van der Waals surface area contributed by atoms with E-state index in [1.807, 2.05) is 24.8 Å². The zero-order valence-electron chi connectivity index (χ0n) is 23.3. The lowest BCUT2D eigenvalue weighted by Gasteiger charge is -2.30. The summed E-state index contributed by atoms with van der Waals surface area (Å²) in [6.45, 7) is 4.56. The number of aromatic nitrogens is 5. The lowest BCUT2D eigenvalue weighted by Crippen LogP contribution is -2.51. The number of H-pyrrole nitrogens is 2. The lowest BCUT2D eigenvalue weighted by molar-refractivity contribution is -0.135. The minimum Gasteiger partial charge on any atom is -0.453 e. The molecule has 1 aromatic carbocycles. The Morgan fingerprint density at radius 3 is 2.80 bits per heavy atom. The third kappa shape index (κ3) is 5.15. The first-order chi connectivity index (χ1) is 19.9. The van der Waals surface area contributed by atoms with Crippen LogP contribution in [0.3, 0.4) is 0 Å². The molecule has 2 aliphatic rings. The van der Waals surface area contributed by atoms with Gasteiger partial charge in [0.1, 0.15) is 17.6 Å². The van der Waals surface area contributed by atoms with Gasteiger partial charge in [-0.1, -0.05) is 32.4 Å². The van der Waals surface area contributed by atoms with Gasteiger partial charge in [0.15, 0.2) is 0 Å². The number of nitrogens with one attached hydrogen (secondary N) is 3. The molecule has 41 heavy (non-hydrogen) atoms. The normalized spacial score (nSPS) is 17.2. The summed E-state index contributed by atoms with van der Waals surface area (Å²) in [5.74, 6) is 1.94. The molecule has 3 atom stereocenters. The Kier molecular flexibility index (Phi) is 7.17. The Balaban J connectivity index is 1.20. The Labute approximate surface area is 237 Å². The average Bonchev–Trinajstić information content (AvgIpc) is 3.79. The fourth-order valence-corrected chi connectivity index (χ4v) is 5.56. The molecule has 3 aromatic heterocycles. The molecule has 1 saturated heterocycles. The number of rotatable bonds is 7. The summed E-state index contributed by atoms with van der Waals surface area (Å²) in [7, 11) is 1.30. The maximum atomic E-state index is 13.6. The minimum atomic E-state index is -0.661. The van der Waals surface area contributed by atoms with Crippen LogP contribution < -0.4 is 10.1 Å². The molecule has 0 spiro atoms. The van der Waals surface area contributed by atoms with Crippen LogP contribution in [-0.4, -0.2) is 61.5 Å². The van der Waals surface area contributed by atoms with Gasteiger partial charge in [-0.05, 0) is 36.5 Å². The molecular weight excluding hydrogens is 522 g/mol. The van der Waals surface area contributed by atoms with Crippen molar-refractivity contribution in [3.8, 4) is 34.1 Å². The van der Waals surface area contributed by atoms with E-state index in [4.69, 9.17) is 9.47 Å². The van der Waals surface area contributed by atoms with E-state index in [1.54, 1.807) is 24.9 Å². The van der Waals surface area contributed by atoms with Gasteiger partial charge in [0, 0.05) is 35.9 Å². The first-order valence-corrected chi connectivity index (χ1v) is 13.9. The zero-order valence-corrected chi connectivity index (χ0v) is 23.3. The molecule has 0 bridgehead atoms. The second kappa shape index (κ2) is 11.1.